The molecule has 0 aliphatic carbocycles. The molecule has 1 unspecified atom stereocenters. The van der Waals surface area contributed by atoms with Crippen LogP contribution in [0.3, 0.4) is 0 Å². The quantitative estimate of drug-likeness (QED) is 0.273. The fourth-order valence-corrected chi connectivity index (χ4v) is 6.97. The van der Waals surface area contributed by atoms with Crippen LogP contribution in [-0.4, -0.2) is 96.3 Å². The third-order valence-electron chi connectivity index (χ3n) is 9.32. The van der Waals surface area contributed by atoms with Crippen LogP contribution < -0.4 is 9.47 Å². The molecule has 4 aromatic rings. The predicted molar refractivity (Wildman–Crippen MR) is 186 cm³/mol. The number of carbonyl (C=O) groups is 1. The highest BCUT2D eigenvalue weighted by atomic mass is 16.6. The standard InChI is InChI=1S/C36H48N8O5/c1-23-20-40(5)22-31-26(33(39-41(31)6)48-25-15-16-43(21-25)35(45)49-36(2,3)4)12-13-29-27-18-24(28-19-37-42(7)34(28)47-23)11-14-30(27)44(38-29)32-10-8-9-17-46-32/h11-14,18-19,23,25,32H,8-10,15-17,20-22H2,1-7H3/b13-12-/t23-,25-,32?/m0/s1. The lowest BCUT2D eigenvalue weighted by atomic mass is 10.0. The Kier molecular flexibility index (Phi) is 8.91. The molecule has 13 nitrogen and oxygen atoms in total. The lowest BCUT2D eigenvalue weighted by Crippen LogP contribution is -2.36. The minimum Gasteiger partial charge on any atom is -0.473 e. The van der Waals surface area contributed by atoms with Crippen LogP contribution >= 0.6 is 0 Å². The first-order valence-corrected chi connectivity index (χ1v) is 17.3. The molecule has 7 rings (SSSR count). The van der Waals surface area contributed by atoms with Gasteiger partial charge in [-0.3, -0.25) is 9.58 Å². The number of benzene rings is 1. The summed E-state index contributed by atoms with van der Waals surface area (Å²) in [4.78, 5) is 16.7. The Bertz CT molecular complexity index is 1860. The van der Waals surface area contributed by atoms with E-state index in [2.05, 4.69) is 54.3 Å². The van der Waals surface area contributed by atoms with Crippen LogP contribution in [0.1, 0.15) is 76.6 Å². The second kappa shape index (κ2) is 13.2. The molecular formula is C36H48N8O5. The summed E-state index contributed by atoms with van der Waals surface area (Å²) in [6.07, 6.45) is 9.00. The van der Waals surface area contributed by atoms with Gasteiger partial charge in [0.1, 0.15) is 17.8 Å². The SMILES string of the molecule is C[C@H]1CN(C)Cc2c(c(O[C@H]3CCN(C(=O)OC(C)(C)C)C3)nn2C)/C=C\c2nn(C3CCCCO3)c3ccc(cc23)-c2cnn(C)c2O1. The molecule has 13 heteroatoms. The number of rotatable bonds is 3. The fourth-order valence-electron chi connectivity index (χ4n) is 6.97. The molecular weight excluding hydrogens is 624 g/mol. The number of ether oxygens (including phenoxy) is 4. The molecule has 2 saturated heterocycles. The number of likely N-dealkylation sites (tertiary alicyclic amines) is 1. The Morgan fingerprint density at radius 1 is 1.02 bits per heavy atom. The molecule has 0 spiro atoms. The number of nitrogens with zero attached hydrogens (tertiary/aromatic N) is 8. The summed E-state index contributed by atoms with van der Waals surface area (Å²) in [6.45, 7) is 10.7. The average Bonchev–Trinajstić information content (AvgIpc) is 3.82. The highest BCUT2D eigenvalue weighted by Crippen LogP contribution is 2.36. The van der Waals surface area contributed by atoms with Crippen molar-refractivity contribution < 1.29 is 23.7 Å². The van der Waals surface area contributed by atoms with Gasteiger partial charge in [0.25, 0.3) is 0 Å². The Balaban J connectivity index is 1.29. The Morgan fingerprint density at radius 2 is 1.86 bits per heavy atom. The van der Waals surface area contributed by atoms with Crippen molar-refractivity contribution >= 4 is 29.1 Å². The van der Waals surface area contributed by atoms with Crippen LogP contribution in [0.5, 0.6) is 11.8 Å². The first-order valence-electron chi connectivity index (χ1n) is 17.3. The molecule has 6 heterocycles. The van der Waals surface area contributed by atoms with Gasteiger partial charge >= 0.3 is 6.09 Å². The number of aromatic nitrogens is 6. The van der Waals surface area contributed by atoms with Gasteiger partial charge in [-0.25, -0.2) is 14.2 Å². The van der Waals surface area contributed by atoms with Crippen molar-refractivity contribution in [2.45, 2.75) is 84.0 Å². The maximum atomic E-state index is 12.8. The summed E-state index contributed by atoms with van der Waals surface area (Å²) >= 11 is 0. The Hall–Kier alpha value is -4.36. The van der Waals surface area contributed by atoms with Crippen LogP contribution in [0.2, 0.25) is 0 Å². The molecule has 1 aromatic carbocycles. The third kappa shape index (κ3) is 6.91. The van der Waals surface area contributed by atoms with E-state index in [0.717, 1.165) is 70.7 Å². The highest BCUT2D eigenvalue weighted by molar-refractivity contribution is 5.93. The third-order valence-corrected chi connectivity index (χ3v) is 9.32. The molecule has 262 valence electrons. The molecule has 0 radical (unpaired) electrons. The zero-order valence-electron chi connectivity index (χ0n) is 29.7. The largest absolute Gasteiger partial charge is 0.473 e. The van der Waals surface area contributed by atoms with E-state index in [-0.39, 0.29) is 24.5 Å². The maximum Gasteiger partial charge on any atom is 0.410 e. The molecule has 3 aromatic heterocycles. The van der Waals surface area contributed by atoms with Crippen molar-refractivity contribution in [1.82, 2.24) is 39.1 Å². The number of fused-ring (bicyclic) bond motifs is 4. The van der Waals surface area contributed by atoms with Gasteiger partial charge in [-0.2, -0.15) is 10.2 Å². The maximum absolute atomic E-state index is 12.8. The van der Waals surface area contributed by atoms with Gasteiger partial charge in [-0.15, -0.1) is 5.10 Å². The van der Waals surface area contributed by atoms with Crippen LogP contribution in [0.25, 0.3) is 34.2 Å². The molecule has 2 bridgehead atoms. The molecule has 2 fully saturated rings. The number of carbonyl (C=O) groups excluding carboxylic acids is 1. The van der Waals surface area contributed by atoms with Crippen molar-refractivity contribution in [2.24, 2.45) is 14.1 Å². The second-order valence-corrected chi connectivity index (χ2v) is 14.6. The molecule has 0 N–H and O–H groups in total. The van der Waals surface area contributed by atoms with E-state index in [4.69, 9.17) is 29.1 Å². The van der Waals surface area contributed by atoms with Gasteiger partial charge < -0.3 is 23.8 Å². The van der Waals surface area contributed by atoms with Crippen LogP contribution in [0.4, 0.5) is 4.79 Å². The van der Waals surface area contributed by atoms with E-state index in [1.54, 1.807) is 9.58 Å². The van der Waals surface area contributed by atoms with E-state index in [1.807, 2.05) is 50.4 Å². The van der Waals surface area contributed by atoms with Crippen LogP contribution in [-0.2, 0) is 30.1 Å². The zero-order chi connectivity index (χ0) is 34.4. The lowest BCUT2D eigenvalue weighted by molar-refractivity contribution is -0.0367. The molecule has 1 amide bonds. The van der Waals surface area contributed by atoms with Gasteiger partial charge in [0.15, 0.2) is 6.23 Å². The summed E-state index contributed by atoms with van der Waals surface area (Å²) < 4.78 is 30.7. The summed E-state index contributed by atoms with van der Waals surface area (Å²) in [5.41, 5.74) is 5.10. The van der Waals surface area contributed by atoms with Crippen LogP contribution in [0, 0.1) is 0 Å². The minimum absolute atomic E-state index is 0.116. The number of aryl methyl sites for hydroxylation is 2. The van der Waals surface area contributed by atoms with E-state index >= 15 is 0 Å². The normalized spacial score (nSPS) is 22.7. The number of hydrogen-bond donors (Lipinski definition) is 0. The molecule has 3 aliphatic rings. The van der Waals surface area contributed by atoms with Gasteiger partial charge in [0.05, 0.1) is 40.8 Å². The monoisotopic (exact) mass is 672 g/mol. The van der Waals surface area contributed by atoms with Crippen molar-refractivity contribution in [3.8, 4) is 22.9 Å². The van der Waals surface area contributed by atoms with Crippen molar-refractivity contribution in [3.05, 3.63) is 41.3 Å². The minimum atomic E-state index is -0.557. The van der Waals surface area contributed by atoms with Gasteiger partial charge in [-0.05, 0) is 83.9 Å². The fraction of sp³-hybridized carbons (Fsp3) is 0.556. The smallest absolute Gasteiger partial charge is 0.410 e. The van der Waals surface area contributed by atoms with E-state index < -0.39 is 5.60 Å². The van der Waals surface area contributed by atoms with Crippen molar-refractivity contribution in [3.63, 3.8) is 0 Å². The predicted octanol–water partition coefficient (Wildman–Crippen LogP) is 5.64. The molecule has 3 atom stereocenters. The van der Waals surface area contributed by atoms with Crippen LogP contribution in [0.15, 0.2) is 24.4 Å². The first kappa shape index (κ1) is 33.2. The van der Waals surface area contributed by atoms with Gasteiger partial charge in [-0.1, -0.05) is 6.07 Å². The molecule has 3 aliphatic heterocycles. The number of likely N-dealkylation sites (N-methyl/N-ethyl adjacent to an activating group) is 1. The lowest BCUT2D eigenvalue weighted by Gasteiger charge is -2.24. The molecule has 0 saturated carbocycles. The molecule has 49 heavy (non-hydrogen) atoms. The van der Waals surface area contributed by atoms with Gasteiger partial charge in [0, 0.05) is 52.1 Å². The summed E-state index contributed by atoms with van der Waals surface area (Å²) in [5, 5.41) is 15.6. The summed E-state index contributed by atoms with van der Waals surface area (Å²) in [7, 11) is 5.94. The van der Waals surface area contributed by atoms with E-state index in [1.165, 1.54) is 0 Å². The Morgan fingerprint density at radius 3 is 2.63 bits per heavy atom. The zero-order valence-corrected chi connectivity index (χ0v) is 29.7. The highest BCUT2D eigenvalue weighted by Gasteiger charge is 2.32. The summed E-state index contributed by atoms with van der Waals surface area (Å²) in [5.74, 6) is 1.26. The number of amides is 1. The topological polar surface area (TPSA) is 114 Å². The van der Waals surface area contributed by atoms with E-state index in [9.17, 15) is 4.79 Å². The summed E-state index contributed by atoms with van der Waals surface area (Å²) in [6, 6.07) is 6.41. The number of hydrogen-bond acceptors (Lipinski definition) is 9. The average molecular weight is 673 g/mol. The first-order chi connectivity index (χ1) is 23.4. The second-order valence-electron chi connectivity index (χ2n) is 14.6. The van der Waals surface area contributed by atoms with Crippen molar-refractivity contribution in [1.29, 1.82) is 0 Å². The van der Waals surface area contributed by atoms with Gasteiger partial charge in [0.2, 0.25) is 11.8 Å². The Labute approximate surface area is 287 Å². The van der Waals surface area contributed by atoms with Crippen molar-refractivity contribution in [2.75, 3.05) is 33.3 Å². The van der Waals surface area contributed by atoms with E-state index in [0.29, 0.717) is 38.5 Å².